The normalized spacial score (nSPS) is 18.5. The lowest BCUT2D eigenvalue weighted by Crippen LogP contribution is -2.41. The molecule has 0 saturated heterocycles. The third kappa shape index (κ3) is 6.32. The van der Waals surface area contributed by atoms with Crippen molar-refractivity contribution in [1.29, 1.82) is 0 Å². The van der Waals surface area contributed by atoms with Crippen molar-refractivity contribution >= 4 is 51.1 Å². The minimum absolute atomic E-state index is 0.0955. The van der Waals surface area contributed by atoms with Gasteiger partial charge in [-0.25, -0.2) is 9.97 Å². The van der Waals surface area contributed by atoms with Gasteiger partial charge in [0, 0.05) is 54.4 Å². The van der Waals surface area contributed by atoms with Crippen molar-refractivity contribution in [2.24, 2.45) is 0 Å². The Hall–Kier alpha value is -4.57. The second-order valence-electron chi connectivity index (χ2n) is 14.2. The summed E-state index contributed by atoms with van der Waals surface area (Å²) in [5.74, 6) is -1.24. The fourth-order valence-corrected chi connectivity index (χ4v) is 8.08. The number of carbonyl (C=O) groups excluding carboxylic acids is 3. The smallest absolute Gasteiger partial charge is 0.305 e. The molecule has 270 valence electrons. The SMILES string of the molecule is CCCCCCN1C(=O)c2c3[nH]c(cc4nc(cc5nc(cc6[nH]c2c(c6C)C1=O)C(CC)=C5C)C(C(C)OC)=C4C)[C@@H](C)[C@@H]3CCC(=O)OC. The summed E-state index contributed by atoms with van der Waals surface area (Å²) in [6.45, 7) is 14.8. The molecule has 2 amide bonds. The molecule has 6 rings (SSSR count). The van der Waals surface area contributed by atoms with Crippen LogP contribution in [0, 0.1) is 6.92 Å². The topological polar surface area (TPSA) is 130 Å². The molecule has 0 aromatic carbocycles. The number of amides is 2. The van der Waals surface area contributed by atoms with Gasteiger partial charge in [-0.3, -0.25) is 19.3 Å². The molecule has 0 saturated carbocycles. The molecule has 3 atom stereocenters. The molecule has 0 fully saturated rings. The van der Waals surface area contributed by atoms with Crippen LogP contribution in [-0.2, 0) is 14.3 Å². The Morgan fingerprint density at radius 2 is 1.61 bits per heavy atom. The van der Waals surface area contributed by atoms with Crippen LogP contribution in [0.25, 0.3) is 33.3 Å². The molecule has 4 aliphatic rings. The molecule has 4 aliphatic heterocycles. The predicted molar refractivity (Wildman–Crippen MR) is 201 cm³/mol. The first-order chi connectivity index (χ1) is 24.4. The number of nitrogens with zero attached hydrogens (tertiary/aromatic N) is 3. The fourth-order valence-electron chi connectivity index (χ4n) is 8.08. The van der Waals surface area contributed by atoms with Crippen LogP contribution in [0.4, 0.5) is 0 Å². The van der Waals surface area contributed by atoms with Gasteiger partial charge in [-0.15, -0.1) is 0 Å². The van der Waals surface area contributed by atoms with Crippen LogP contribution in [0.3, 0.4) is 0 Å². The number of carbonyl (C=O) groups is 3. The van der Waals surface area contributed by atoms with Gasteiger partial charge in [0.2, 0.25) is 0 Å². The Bertz CT molecular complexity index is 2050. The number of allylic oxidation sites excluding steroid dienone is 3. The highest BCUT2D eigenvalue weighted by Crippen LogP contribution is 2.45. The number of hydrogen-bond acceptors (Lipinski definition) is 7. The number of aryl methyl sites for hydroxylation is 1. The Kier molecular flexibility index (Phi) is 10.4. The van der Waals surface area contributed by atoms with Crippen molar-refractivity contribution in [2.45, 2.75) is 111 Å². The van der Waals surface area contributed by atoms with E-state index in [9.17, 15) is 14.4 Å². The van der Waals surface area contributed by atoms with Gasteiger partial charge < -0.3 is 19.4 Å². The highest BCUT2D eigenvalue weighted by atomic mass is 16.5. The number of hydrogen-bond donors (Lipinski definition) is 2. The molecule has 2 N–H and O–H groups in total. The maximum Gasteiger partial charge on any atom is 0.305 e. The van der Waals surface area contributed by atoms with E-state index in [2.05, 4.69) is 56.7 Å². The minimum Gasteiger partial charge on any atom is -0.469 e. The summed E-state index contributed by atoms with van der Waals surface area (Å²) < 4.78 is 10.9. The number of aromatic amines is 2. The predicted octanol–water partition coefficient (Wildman–Crippen LogP) is 8.67. The lowest BCUT2D eigenvalue weighted by Gasteiger charge is -2.27. The maximum absolute atomic E-state index is 14.7. The standard InChI is InChI=1S/C41H51N5O5/c1-10-12-13-14-17-46-40(48)36-24(6)31-19-32-26(11-2)21(3)28(42-32)20-33-35(25(7)50-8)23(5)30(43-33)18-29-22(4)27(15-16-34(47)51-9)38(44-29)37(41(46)49)39(36)45-31/h18-20,22,25,27,44-45H,10-17H2,1-9H3/t22-,25?,27-/m0/s1. The summed E-state index contributed by atoms with van der Waals surface area (Å²) in [6, 6.07) is 6.12. The van der Waals surface area contributed by atoms with Crippen molar-refractivity contribution in [3.05, 3.63) is 69.1 Å². The van der Waals surface area contributed by atoms with Crippen molar-refractivity contribution < 1.29 is 23.9 Å². The average molecular weight is 694 g/mol. The highest BCUT2D eigenvalue weighted by molar-refractivity contribution is 6.23. The lowest BCUT2D eigenvalue weighted by molar-refractivity contribution is -0.140. The van der Waals surface area contributed by atoms with E-state index in [-0.39, 0.29) is 42.1 Å². The van der Waals surface area contributed by atoms with Gasteiger partial charge in [0.15, 0.2) is 0 Å². The molecule has 6 heterocycles. The summed E-state index contributed by atoms with van der Waals surface area (Å²) in [7, 11) is 3.09. The minimum atomic E-state index is -0.327. The van der Waals surface area contributed by atoms with Gasteiger partial charge >= 0.3 is 5.97 Å². The maximum atomic E-state index is 14.7. The summed E-state index contributed by atoms with van der Waals surface area (Å²) >= 11 is 0. The molecule has 8 bridgehead atoms. The zero-order chi connectivity index (χ0) is 36.7. The molecule has 0 radical (unpaired) electrons. The van der Waals surface area contributed by atoms with Gasteiger partial charge in [0.05, 0.1) is 52.6 Å². The van der Waals surface area contributed by atoms with E-state index in [4.69, 9.17) is 19.4 Å². The van der Waals surface area contributed by atoms with E-state index in [0.29, 0.717) is 35.3 Å². The van der Waals surface area contributed by atoms with E-state index in [1.165, 1.54) is 12.0 Å². The first-order valence-electron chi connectivity index (χ1n) is 18.4. The molecule has 0 aliphatic carbocycles. The van der Waals surface area contributed by atoms with E-state index in [0.717, 1.165) is 93.9 Å². The third-order valence-electron chi connectivity index (χ3n) is 11.2. The zero-order valence-corrected chi connectivity index (χ0v) is 31.5. The number of ether oxygens (including phenoxy) is 2. The van der Waals surface area contributed by atoms with Crippen LogP contribution >= 0.6 is 0 Å². The molecule has 2 aromatic heterocycles. The van der Waals surface area contributed by atoms with Crippen molar-refractivity contribution in [1.82, 2.24) is 24.8 Å². The van der Waals surface area contributed by atoms with Gasteiger partial charge in [0.1, 0.15) is 0 Å². The molecule has 10 nitrogen and oxygen atoms in total. The molecular weight excluding hydrogens is 642 g/mol. The highest BCUT2D eigenvalue weighted by Gasteiger charge is 2.40. The van der Waals surface area contributed by atoms with Crippen molar-refractivity contribution in [3.63, 3.8) is 0 Å². The van der Waals surface area contributed by atoms with E-state index in [1.807, 2.05) is 19.9 Å². The summed E-state index contributed by atoms with van der Waals surface area (Å²) in [5.41, 5.74) is 12.0. The van der Waals surface area contributed by atoms with Gasteiger partial charge in [-0.2, -0.15) is 0 Å². The van der Waals surface area contributed by atoms with Crippen LogP contribution in [0.15, 0.2) is 18.2 Å². The largest absolute Gasteiger partial charge is 0.469 e. The molecular formula is C41H51N5O5. The number of methoxy groups -OCH3 is 2. The number of rotatable bonds is 11. The van der Waals surface area contributed by atoms with E-state index in [1.54, 1.807) is 7.11 Å². The Balaban J connectivity index is 1.73. The summed E-state index contributed by atoms with van der Waals surface area (Å²) in [5, 5.41) is 0. The monoisotopic (exact) mass is 693 g/mol. The number of esters is 1. The van der Waals surface area contributed by atoms with Gasteiger partial charge in [-0.05, 0) is 87.4 Å². The third-order valence-corrected chi connectivity index (χ3v) is 11.2. The van der Waals surface area contributed by atoms with Crippen molar-refractivity contribution in [3.8, 4) is 0 Å². The fraction of sp³-hybridized carbons (Fsp3) is 0.488. The first-order valence-corrected chi connectivity index (χ1v) is 18.4. The van der Waals surface area contributed by atoms with E-state index >= 15 is 0 Å². The molecule has 51 heavy (non-hydrogen) atoms. The molecule has 0 spiro atoms. The second-order valence-corrected chi connectivity index (χ2v) is 14.2. The van der Waals surface area contributed by atoms with E-state index < -0.39 is 0 Å². The number of unbranched alkanes of at least 4 members (excludes halogenated alkanes) is 3. The number of imide groups is 1. The number of H-pyrrole nitrogens is 2. The second kappa shape index (κ2) is 14.6. The Morgan fingerprint density at radius 3 is 2.29 bits per heavy atom. The first kappa shape index (κ1) is 36.2. The number of fused-ring (bicyclic) bond motifs is 8. The lowest BCUT2D eigenvalue weighted by atomic mass is 9.84. The molecule has 2 aromatic rings. The van der Waals surface area contributed by atoms with Crippen LogP contribution in [0.1, 0.15) is 159 Å². The Labute approximate surface area is 300 Å². The van der Waals surface area contributed by atoms with Crippen molar-refractivity contribution in [2.75, 3.05) is 20.8 Å². The molecule has 10 heteroatoms. The number of aromatic nitrogens is 4. The molecule has 1 unspecified atom stereocenters. The summed E-state index contributed by atoms with van der Waals surface area (Å²) in [6.07, 6.45) is 4.96. The van der Waals surface area contributed by atoms with Gasteiger partial charge in [-0.1, -0.05) is 40.0 Å². The van der Waals surface area contributed by atoms with Crippen LogP contribution in [0.5, 0.6) is 0 Å². The quantitative estimate of drug-likeness (QED) is 0.137. The van der Waals surface area contributed by atoms with Crippen LogP contribution in [0.2, 0.25) is 0 Å². The average Bonchev–Trinajstić information content (AvgIpc) is 3.79. The zero-order valence-electron chi connectivity index (χ0n) is 31.5. The van der Waals surface area contributed by atoms with Gasteiger partial charge in [0.25, 0.3) is 11.8 Å². The van der Waals surface area contributed by atoms with Crippen LogP contribution in [-0.4, -0.2) is 69.5 Å². The number of nitrogens with one attached hydrogen (secondary N) is 2. The Morgan fingerprint density at radius 1 is 0.902 bits per heavy atom. The van der Waals surface area contributed by atoms with Crippen LogP contribution < -0.4 is 0 Å². The summed E-state index contributed by atoms with van der Waals surface area (Å²) in [4.78, 5) is 60.4.